The predicted octanol–water partition coefficient (Wildman–Crippen LogP) is 3.61. The van der Waals surface area contributed by atoms with Crippen LogP contribution < -0.4 is 0 Å². The summed E-state index contributed by atoms with van der Waals surface area (Å²) >= 11 is 0. The number of hydrogen-bond acceptors (Lipinski definition) is 5. The third-order valence-corrected chi connectivity index (χ3v) is 3.86. The molecule has 6 nitrogen and oxygen atoms in total. The molecule has 0 aliphatic rings. The number of carbonyl (C=O) groups is 1. The molecular weight excluding hydrogens is 310 g/mol. The summed E-state index contributed by atoms with van der Waals surface area (Å²) < 4.78 is 4.86. The van der Waals surface area contributed by atoms with Gasteiger partial charge in [-0.1, -0.05) is 37.3 Å². The van der Waals surface area contributed by atoms with Crippen molar-refractivity contribution in [2.45, 2.75) is 25.9 Å². The lowest BCUT2D eigenvalue weighted by molar-refractivity contribution is -0.386. The number of nitro benzene ring substituents is 1. The maximum Gasteiger partial charge on any atom is 0.338 e. The summed E-state index contributed by atoms with van der Waals surface area (Å²) in [5.74, 6) is -0.962. The summed E-state index contributed by atoms with van der Waals surface area (Å²) in [6, 6.07) is 13.2. The van der Waals surface area contributed by atoms with Crippen molar-refractivity contribution in [3.05, 3.63) is 75.3 Å². The minimum Gasteiger partial charge on any atom is -0.462 e. The highest BCUT2D eigenvalue weighted by Gasteiger charge is 2.27. The molecule has 2 aromatic rings. The molecule has 2 aromatic carbocycles. The zero-order chi connectivity index (χ0) is 17.7. The van der Waals surface area contributed by atoms with Gasteiger partial charge in [-0.15, -0.1) is 0 Å². The standard InChI is InChI=1S/C18H19NO5/c1-3-24-18(21)14-9-10-15(16(11-14)19(22)23)17(20)12(2)13-7-5-4-6-8-13/h4-12,17,20H,3H2,1-2H3. The highest BCUT2D eigenvalue weighted by molar-refractivity contribution is 5.90. The zero-order valence-corrected chi connectivity index (χ0v) is 13.5. The third-order valence-electron chi connectivity index (χ3n) is 3.86. The van der Waals surface area contributed by atoms with Crippen molar-refractivity contribution in [3.63, 3.8) is 0 Å². The average molecular weight is 329 g/mol. The largest absolute Gasteiger partial charge is 0.462 e. The number of nitro groups is 1. The Morgan fingerprint density at radius 1 is 1.25 bits per heavy atom. The Morgan fingerprint density at radius 2 is 1.92 bits per heavy atom. The van der Waals surface area contributed by atoms with E-state index in [4.69, 9.17) is 4.74 Å². The number of hydrogen-bond donors (Lipinski definition) is 1. The second-order valence-electron chi connectivity index (χ2n) is 5.40. The first-order valence-electron chi connectivity index (χ1n) is 7.64. The van der Waals surface area contributed by atoms with E-state index in [0.29, 0.717) is 0 Å². The third kappa shape index (κ3) is 3.78. The molecular formula is C18H19NO5. The molecule has 0 aliphatic carbocycles. The normalized spacial score (nSPS) is 13.1. The minimum atomic E-state index is -1.07. The van der Waals surface area contributed by atoms with E-state index < -0.39 is 17.0 Å². The summed E-state index contributed by atoms with van der Waals surface area (Å²) in [6.45, 7) is 3.64. The summed E-state index contributed by atoms with van der Waals surface area (Å²) in [4.78, 5) is 22.5. The fourth-order valence-corrected chi connectivity index (χ4v) is 2.50. The average Bonchev–Trinajstić information content (AvgIpc) is 2.60. The van der Waals surface area contributed by atoms with Gasteiger partial charge in [0.1, 0.15) is 0 Å². The van der Waals surface area contributed by atoms with Gasteiger partial charge < -0.3 is 9.84 Å². The lowest BCUT2D eigenvalue weighted by atomic mass is 9.89. The summed E-state index contributed by atoms with van der Waals surface area (Å²) in [5.41, 5.74) is 0.834. The molecule has 6 heteroatoms. The lowest BCUT2D eigenvalue weighted by Crippen LogP contribution is -2.12. The molecule has 0 amide bonds. The molecule has 126 valence electrons. The van der Waals surface area contributed by atoms with Gasteiger partial charge in [0.2, 0.25) is 0 Å². The SMILES string of the molecule is CCOC(=O)c1ccc(C(O)C(C)c2ccccc2)c([N+](=O)[O-])c1. The fraction of sp³-hybridized carbons (Fsp3) is 0.278. The van der Waals surface area contributed by atoms with Crippen molar-refractivity contribution in [2.75, 3.05) is 6.61 Å². The Kier molecular flexibility index (Phi) is 5.65. The second-order valence-corrected chi connectivity index (χ2v) is 5.40. The fourth-order valence-electron chi connectivity index (χ4n) is 2.50. The molecule has 2 rings (SSSR count). The van der Waals surface area contributed by atoms with E-state index in [1.807, 2.05) is 30.3 Å². The van der Waals surface area contributed by atoms with Crippen LogP contribution in [0.3, 0.4) is 0 Å². The molecule has 2 atom stereocenters. The van der Waals surface area contributed by atoms with Gasteiger partial charge in [0.25, 0.3) is 5.69 Å². The van der Waals surface area contributed by atoms with Gasteiger partial charge >= 0.3 is 5.97 Å². The van der Waals surface area contributed by atoms with Crippen LogP contribution in [0.25, 0.3) is 0 Å². The Balaban J connectivity index is 2.38. The molecule has 0 saturated carbocycles. The zero-order valence-electron chi connectivity index (χ0n) is 13.5. The first-order valence-corrected chi connectivity index (χ1v) is 7.64. The Labute approximate surface area is 139 Å². The highest BCUT2D eigenvalue weighted by Crippen LogP contribution is 2.35. The van der Waals surface area contributed by atoms with Crippen molar-refractivity contribution in [2.24, 2.45) is 0 Å². The van der Waals surface area contributed by atoms with Gasteiger partial charge in [-0.3, -0.25) is 10.1 Å². The quantitative estimate of drug-likeness (QED) is 0.497. The molecule has 0 spiro atoms. The van der Waals surface area contributed by atoms with E-state index in [2.05, 4.69) is 0 Å². The minimum absolute atomic E-state index is 0.0897. The van der Waals surface area contributed by atoms with E-state index in [9.17, 15) is 20.0 Å². The van der Waals surface area contributed by atoms with E-state index >= 15 is 0 Å². The maximum absolute atomic E-state index is 11.7. The molecule has 0 saturated heterocycles. The summed E-state index contributed by atoms with van der Waals surface area (Å²) in [7, 11) is 0. The number of esters is 1. The van der Waals surface area contributed by atoms with Crippen LogP contribution in [-0.4, -0.2) is 22.6 Å². The van der Waals surface area contributed by atoms with Gasteiger partial charge in [0.05, 0.1) is 28.8 Å². The summed E-state index contributed by atoms with van der Waals surface area (Å²) in [5, 5.41) is 21.9. The van der Waals surface area contributed by atoms with Gasteiger partial charge in [-0.25, -0.2) is 4.79 Å². The maximum atomic E-state index is 11.7. The molecule has 2 unspecified atom stereocenters. The Morgan fingerprint density at radius 3 is 2.50 bits per heavy atom. The topological polar surface area (TPSA) is 89.7 Å². The van der Waals surface area contributed by atoms with Gasteiger partial charge in [0.15, 0.2) is 0 Å². The van der Waals surface area contributed by atoms with Crippen molar-refractivity contribution in [1.29, 1.82) is 0 Å². The molecule has 0 aromatic heterocycles. The highest BCUT2D eigenvalue weighted by atomic mass is 16.6. The Bertz CT molecular complexity index is 729. The van der Waals surface area contributed by atoms with Crippen LogP contribution >= 0.6 is 0 Å². The summed E-state index contributed by atoms with van der Waals surface area (Å²) in [6.07, 6.45) is -1.07. The van der Waals surface area contributed by atoms with Crippen LogP contribution in [0.5, 0.6) is 0 Å². The van der Waals surface area contributed by atoms with Gasteiger partial charge in [0, 0.05) is 12.0 Å². The predicted molar refractivity (Wildman–Crippen MR) is 88.9 cm³/mol. The van der Waals surface area contributed by atoms with Crippen LogP contribution in [0.1, 0.15) is 47.4 Å². The van der Waals surface area contributed by atoms with Gasteiger partial charge in [-0.05, 0) is 24.6 Å². The number of rotatable bonds is 6. The van der Waals surface area contributed by atoms with E-state index in [1.165, 1.54) is 12.1 Å². The molecule has 0 fully saturated rings. The van der Waals surface area contributed by atoms with Crippen LogP contribution in [0, 0.1) is 10.1 Å². The van der Waals surface area contributed by atoms with Gasteiger partial charge in [-0.2, -0.15) is 0 Å². The molecule has 0 heterocycles. The monoisotopic (exact) mass is 329 g/mol. The number of aliphatic hydroxyl groups excluding tert-OH is 1. The first kappa shape index (κ1) is 17.6. The van der Waals surface area contributed by atoms with E-state index in [-0.39, 0.29) is 29.3 Å². The number of carbonyl (C=O) groups excluding carboxylic acids is 1. The molecule has 0 aliphatic heterocycles. The van der Waals surface area contributed by atoms with Crippen molar-refractivity contribution in [1.82, 2.24) is 0 Å². The Hall–Kier alpha value is -2.73. The second kappa shape index (κ2) is 7.70. The number of nitrogens with zero attached hydrogens (tertiary/aromatic N) is 1. The number of ether oxygens (including phenoxy) is 1. The first-order chi connectivity index (χ1) is 11.5. The number of benzene rings is 2. The lowest BCUT2D eigenvalue weighted by Gasteiger charge is -2.20. The molecule has 0 bridgehead atoms. The molecule has 1 N–H and O–H groups in total. The van der Waals surface area contributed by atoms with Crippen molar-refractivity contribution in [3.8, 4) is 0 Å². The van der Waals surface area contributed by atoms with Crippen LogP contribution in [0.4, 0.5) is 5.69 Å². The van der Waals surface area contributed by atoms with E-state index in [0.717, 1.165) is 11.6 Å². The van der Waals surface area contributed by atoms with Crippen LogP contribution in [0.2, 0.25) is 0 Å². The van der Waals surface area contributed by atoms with Crippen molar-refractivity contribution >= 4 is 11.7 Å². The van der Waals surface area contributed by atoms with E-state index in [1.54, 1.807) is 13.8 Å². The smallest absolute Gasteiger partial charge is 0.338 e. The molecule has 24 heavy (non-hydrogen) atoms. The number of aliphatic hydroxyl groups is 1. The molecule has 0 radical (unpaired) electrons. The van der Waals surface area contributed by atoms with Crippen LogP contribution in [-0.2, 0) is 4.74 Å². The van der Waals surface area contributed by atoms with Crippen molar-refractivity contribution < 1.29 is 19.6 Å². The van der Waals surface area contributed by atoms with Crippen LogP contribution in [0.15, 0.2) is 48.5 Å².